The number of fused-ring (bicyclic) bond motifs is 1. The summed E-state index contributed by atoms with van der Waals surface area (Å²) in [5.74, 6) is 1.12. The van der Waals surface area contributed by atoms with Gasteiger partial charge in [0.1, 0.15) is 6.09 Å². The van der Waals surface area contributed by atoms with E-state index in [1.807, 2.05) is 13.8 Å². The first-order valence-electron chi connectivity index (χ1n) is 6.21. The molecule has 108 valence electrons. The average molecular weight is 294 g/mol. The number of hydrogen-bond donors (Lipinski definition) is 1. The number of carbonyl (C=O) groups is 1. The molecule has 0 radical (unpaired) electrons. The lowest BCUT2D eigenvalue weighted by Gasteiger charge is -2.15. The lowest BCUT2D eigenvalue weighted by atomic mass is 10.3. The Morgan fingerprint density at radius 2 is 2.20 bits per heavy atom. The molecule has 0 fully saturated rings. The van der Waals surface area contributed by atoms with Crippen LogP contribution in [0.5, 0.6) is 0 Å². The normalized spacial score (nSPS) is 12.8. The highest BCUT2D eigenvalue weighted by molar-refractivity contribution is 7.85. The largest absolute Gasteiger partial charge is 0.530 e. The Bertz CT molecular complexity index is 666. The number of rotatable bonds is 4. The average Bonchev–Trinajstić information content (AvgIpc) is 2.79. The summed E-state index contributed by atoms with van der Waals surface area (Å²) in [6.07, 6.45) is -1.34. The third-order valence-corrected chi connectivity index (χ3v) is 4.53. The van der Waals surface area contributed by atoms with Gasteiger partial charge in [0.05, 0.1) is 21.8 Å². The first-order valence-corrected chi connectivity index (χ1v) is 7.53. The zero-order valence-electron chi connectivity index (χ0n) is 11.5. The third kappa shape index (κ3) is 2.98. The molecule has 2 aromatic rings. The summed E-state index contributed by atoms with van der Waals surface area (Å²) >= 11 is 0. The molecule has 0 aliphatic heterocycles. The summed E-state index contributed by atoms with van der Waals surface area (Å²) in [6.45, 7) is 4.03. The van der Waals surface area contributed by atoms with E-state index in [4.69, 9.17) is 0 Å². The van der Waals surface area contributed by atoms with Gasteiger partial charge in [-0.25, -0.2) is 4.98 Å². The summed E-state index contributed by atoms with van der Waals surface area (Å²) < 4.78 is 12.1. The van der Waals surface area contributed by atoms with Crippen LogP contribution >= 0.6 is 0 Å². The molecule has 1 atom stereocenters. The van der Waals surface area contributed by atoms with Crippen LogP contribution in [0, 0.1) is 5.92 Å². The molecule has 0 aliphatic rings. The van der Waals surface area contributed by atoms with Crippen LogP contribution < -0.4 is 10.0 Å². The molecule has 2 rings (SSSR count). The Morgan fingerprint density at radius 1 is 1.50 bits per heavy atom. The number of hydrogen-bond acceptors (Lipinski definition) is 4. The Balaban J connectivity index is 2.35. The van der Waals surface area contributed by atoms with Crippen LogP contribution in [-0.2, 0) is 10.8 Å². The monoisotopic (exact) mass is 294 g/mol. The molecule has 0 aliphatic carbocycles. The SMILES string of the molecule is CC(C)CS(=O)c1ccc2nc(N(C)C(=O)[O-])[nH]c2c1. The summed E-state index contributed by atoms with van der Waals surface area (Å²) in [7, 11) is 0.282. The van der Waals surface area contributed by atoms with Crippen LogP contribution in [0.3, 0.4) is 0 Å². The number of carbonyl (C=O) groups excluding carboxylic acids is 1. The van der Waals surface area contributed by atoms with Crippen molar-refractivity contribution in [2.75, 3.05) is 17.7 Å². The molecular formula is C13H16N3O3S-. The summed E-state index contributed by atoms with van der Waals surface area (Å²) in [6, 6.07) is 5.23. The predicted octanol–water partition coefficient (Wildman–Crippen LogP) is 1.11. The van der Waals surface area contributed by atoms with E-state index in [0.29, 0.717) is 27.6 Å². The zero-order valence-corrected chi connectivity index (χ0v) is 12.4. The predicted molar refractivity (Wildman–Crippen MR) is 76.0 cm³/mol. The lowest BCUT2D eigenvalue weighted by Crippen LogP contribution is -2.38. The molecular weight excluding hydrogens is 278 g/mol. The number of aromatic amines is 1. The Morgan fingerprint density at radius 3 is 2.80 bits per heavy atom. The molecule has 1 heterocycles. The maximum absolute atomic E-state index is 12.1. The van der Waals surface area contributed by atoms with Crippen LogP contribution in [0.15, 0.2) is 23.1 Å². The second kappa shape index (κ2) is 5.62. The molecule has 0 saturated carbocycles. The van der Waals surface area contributed by atoms with Crippen molar-refractivity contribution >= 4 is 33.9 Å². The number of aromatic nitrogens is 2. The summed E-state index contributed by atoms with van der Waals surface area (Å²) in [5, 5.41) is 10.8. The quantitative estimate of drug-likeness (QED) is 0.914. The minimum absolute atomic E-state index is 0.187. The molecule has 1 N–H and O–H groups in total. The second-order valence-electron chi connectivity index (χ2n) is 4.97. The van der Waals surface area contributed by atoms with E-state index in [0.717, 1.165) is 4.90 Å². The topological polar surface area (TPSA) is 89.1 Å². The van der Waals surface area contributed by atoms with Gasteiger partial charge in [0.25, 0.3) is 0 Å². The number of nitrogens with one attached hydrogen (secondary N) is 1. The molecule has 0 spiro atoms. The van der Waals surface area contributed by atoms with Gasteiger partial charge in [-0.15, -0.1) is 0 Å². The Kier molecular flexibility index (Phi) is 4.08. The first-order chi connectivity index (χ1) is 9.38. The van der Waals surface area contributed by atoms with Crippen LogP contribution in [-0.4, -0.2) is 33.1 Å². The van der Waals surface area contributed by atoms with Crippen molar-refractivity contribution < 1.29 is 14.1 Å². The number of imidazole rings is 1. The molecule has 6 nitrogen and oxygen atoms in total. The van der Waals surface area contributed by atoms with Crippen molar-refractivity contribution in [1.82, 2.24) is 9.97 Å². The molecule has 1 aromatic heterocycles. The van der Waals surface area contributed by atoms with Crippen molar-refractivity contribution in [3.05, 3.63) is 18.2 Å². The van der Waals surface area contributed by atoms with Gasteiger partial charge in [0, 0.05) is 17.7 Å². The number of H-pyrrole nitrogens is 1. The molecule has 0 bridgehead atoms. The van der Waals surface area contributed by atoms with E-state index in [1.165, 1.54) is 7.05 Å². The molecule has 0 saturated heterocycles. The smallest absolute Gasteiger partial charge is 0.209 e. The second-order valence-corrected chi connectivity index (χ2v) is 6.47. The molecule has 1 unspecified atom stereocenters. The van der Waals surface area contributed by atoms with Gasteiger partial charge >= 0.3 is 0 Å². The fourth-order valence-corrected chi connectivity index (χ4v) is 3.03. The van der Waals surface area contributed by atoms with E-state index in [9.17, 15) is 14.1 Å². The highest BCUT2D eigenvalue weighted by atomic mass is 32.2. The third-order valence-electron chi connectivity index (χ3n) is 2.78. The van der Waals surface area contributed by atoms with Crippen molar-refractivity contribution in [2.45, 2.75) is 18.7 Å². The van der Waals surface area contributed by atoms with Crippen LogP contribution in [0.1, 0.15) is 13.8 Å². The van der Waals surface area contributed by atoms with Crippen molar-refractivity contribution in [3.8, 4) is 0 Å². The van der Waals surface area contributed by atoms with Crippen molar-refractivity contribution in [1.29, 1.82) is 0 Å². The molecule has 20 heavy (non-hydrogen) atoms. The molecule has 1 amide bonds. The maximum atomic E-state index is 12.1. The minimum atomic E-state index is -1.34. The van der Waals surface area contributed by atoms with Crippen LogP contribution in [0.25, 0.3) is 11.0 Å². The van der Waals surface area contributed by atoms with Gasteiger partial charge in [-0.3, -0.25) is 4.21 Å². The van der Waals surface area contributed by atoms with Gasteiger partial charge in [0.15, 0.2) is 0 Å². The van der Waals surface area contributed by atoms with E-state index >= 15 is 0 Å². The van der Waals surface area contributed by atoms with E-state index in [-0.39, 0.29) is 5.95 Å². The highest BCUT2D eigenvalue weighted by Gasteiger charge is 2.11. The minimum Gasteiger partial charge on any atom is -0.530 e. The van der Waals surface area contributed by atoms with Crippen LogP contribution in [0.4, 0.5) is 10.7 Å². The van der Waals surface area contributed by atoms with E-state index in [1.54, 1.807) is 18.2 Å². The zero-order chi connectivity index (χ0) is 14.9. The van der Waals surface area contributed by atoms with Crippen molar-refractivity contribution in [2.24, 2.45) is 5.92 Å². The summed E-state index contributed by atoms with van der Waals surface area (Å²) in [4.78, 5) is 19.4. The summed E-state index contributed by atoms with van der Waals surface area (Å²) in [5.41, 5.74) is 1.28. The van der Waals surface area contributed by atoms with Gasteiger partial charge < -0.3 is 19.8 Å². The molecule has 7 heteroatoms. The van der Waals surface area contributed by atoms with E-state index < -0.39 is 16.9 Å². The van der Waals surface area contributed by atoms with Gasteiger partial charge in [-0.1, -0.05) is 13.8 Å². The number of nitrogens with zero attached hydrogens (tertiary/aromatic N) is 2. The number of amides is 1. The Labute approximate surface area is 119 Å². The van der Waals surface area contributed by atoms with Gasteiger partial charge in [-0.2, -0.15) is 0 Å². The highest BCUT2D eigenvalue weighted by Crippen LogP contribution is 2.20. The van der Waals surface area contributed by atoms with Gasteiger partial charge in [0.2, 0.25) is 5.95 Å². The Hall–Kier alpha value is -1.89. The number of carboxylic acid groups (broad SMARTS) is 1. The van der Waals surface area contributed by atoms with Crippen molar-refractivity contribution in [3.63, 3.8) is 0 Å². The standard InChI is InChI=1S/C13H17N3O3S/c1-8(2)7-20(19)9-4-5-10-11(6-9)15-12(14-10)16(3)13(17)18/h4-6,8H,7H2,1-3H3,(H,14,15)(H,17,18)/p-1. The lowest BCUT2D eigenvalue weighted by molar-refractivity contribution is -0.246. The van der Waals surface area contributed by atoms with Gasteiger partial charge in [-0.05, 0) is 24.1 Å². The number of benzene rings is 1. The van der Waals surface area contributed by atoms with E-state index in [2.05, 4.69) is 9.97 Å². The fourth-order valence-electron chi connectivity index (χ4n) is 1.76. The number of anilines is 1. The van der Waals surface area contributed by atoms with Crippen LogP contribution in [0.2, 0.25) is 0 Å². The maximum Gasteiger partial charge on any atom is 0.209 e. The first kappa shape index (κ1) is 14.5. The molecule has 1 aromatic carbocycles. The fraction of sp³-hybridized carbons (Fsp3) is 0.385.